The molecule has 0 unspecified atom stereocenters. The van der Waals surface area contributed by atoms with Crippen molar-refractivity contribution >= 4 is 50.9 Å². The first kappa shape index (κ1) is 26.0. The fourth-order valence-corrected chi connectivity index (χ4v) is 4.22. The molecule has 0 aliphatic heterocycles. The molecule has 13 heteroatoms. The lowest BCUT2D eigenvalue weighted by Gasteiger charge is -2.20. The highest BCUT2D eigenvalue weighted by atomic mass is 35.5. The standard InChI is InChI=1S/C19H19ClF2N2O6S2/c1-11(25)17(24-32(28,29)15-8-2-12(20)3-9-15)18(27)30-10-16(26)23-13-4-6-14(7-5-13)31-19(21)22/h2-9,11,17,19,24-25H,10H2,1H3,(H,23,26)/t11-,17-/m0/s1. The van der Waals surface area contributed by atoms with Gasteiger partial charge in [0.1, 0.15) is 6.04 Å². The Bertz CT molecular complexity index is 1030. The number of anilines is 1. The van der Waals surface area contributed by atoms with E-state index < -0.39 is 46.4 Å². The normalized spacial score (nSPS) is 13.4. The summed E-state index contributed by atoms with van der Waals surface area (Å²) < 4.78 is 56.4. The van der Waals surface area contributed by atoms with Crippen molar-refractivity contribution in [1.82, 2.24) is 4.72 Å². The highest BCUT2D eigenvalue weighted by Crippen LogP contribution is 2.26. The number of amides is 1. The molecule has 0 saturated carbocycles. The number of benzene rings is 2. The smallest absolute Gasteiger partial charge is 0.327 e. The molecule has 0 saturated heterocycles. The predicted octanol–water partition coefficient (Wildman–Crippen LogP) is 2.86. The van der Waals surface area contributed by atoms with Gasteiger partial charge >= 0.3 is 5.97 Å². The number of aliphatic hydroxyl groups excluding tert-OH is 1. The summed E-state index contributed by atoms with van der Waals surface area (Å²) in [5.41, 5.74) is 0.278. The minimum atomic E-state index is -4.19. The second kappa shape index (κ2) is 11.6. The van der Waals surface area contributed by atoms with Crippen LogP contribution < -0.4 is 10.0 Å². The Labute approximate surface area is 192 Å². The maximum absolute atomic E-state index is 12.4. The van der Waals surface area contributed by atoms with E-state index in [4.69, 9.17) is 16.3 Å². The molecule has 2 atom stereocenters. The fourth-order valence-electron chi connectivity index (χ4n) is 2.34. The van der Waals surface area contributed by atoms with Gasteiger partial charge in [-0.3, -0.25) is 9.59 Å². The van der Waals surface area contributed by atoms with Crippen LogP contribution >= 0.6 is 23.4 Å². The number of esters is 1. The lowest BCUT2D eigenvalue weighted by molar-refractivity contribution is -0.151. The quantitative estimate of drug-likeness (QED) is 0.333. The molecule has 8 nitrogen and oxygen atoms in total. The van der Waals surface area contributed by atoms with Gasteiger partial charge in [-0.2, -0.15) is 13.5 Å². The number of aliphatic hydroxyl groups is 1. The third-order valence-corrected chi connectivity index (χ3v) is 6.28. The van der Waals surface area contributed by atoms with Gasteiger partial charge in [0, 0.05) is 15.6 Å². The van der Waals surface area contributed by atoms with E-state index in [9.17, 15) is 31.9 Å². The lowest BCUT2D eigenvalue weighted by atomic mass is 10.2. The Balaban J connectivity index is 1.94. The minimum absolute atomic E-state index is 0.188. The van der Waals surface area contributed by atoms with Gasteiger partial charge in [-0.1, -0.05) is 23.4 Å². The molecule has 2 aromatic carbocycles. The summed E-state index contributed by atoms with van der Waals surface area (Å²) in [6.45, 7) is 0.410. The van der Waals surface area contributed by atoms with Gasteiger partial charge in [0.15, 0.2) is 6.61 Å². The van der Waals surface area contributed by atoms with Gasteiger partial charge in [0.25, 0.3) is 11.7 Å². The van der Waals surface area contributed by atoms with Gasteiger partial charge in [-0.25, -0.2) is 8.42 Å². The SMILES string of the molecule is C[C@H](O)[C@H](NS(=O)(=O)c1ccc(Cl)cc1)C(=O)OCC(=O)Nc1ccc(SC(F)F)cc1. The Morgan fingerprint density at radius 3 is 2.25 bits per heavy atom. The van der Waals surface area contributed by atoms with Crippen molar-refractivity contribution < 1.29 is 36.6 Å². The number of alkyl halides is 2. The number of sulfonamides is 1. The number of thioether (sulfide) groups is 1. The van der Waals surface area contributed by atoms with Crippen molar-refractivity contribution in [2.24, 2.45) is 0 Å². The van der Waals surface area contributed by atoms with Crippen LogP contribution in [0.1, 0.15) is 6.92 Å². The first-order valence-corrected chi connectivity index (χ1v) is 11.7. The predicted molar refractivity (Wildman–Crippen MR) is 115 cm³/mol. The van der Waals surface area contributed by atoms with Crippen molar-refractivity contribution in [3.8, 4) is 0 Å². The second-order valence-corrected chi connectivity index (χ2v) is 9.57. The van der Waals surface area contributed by atoms with Crippen LogP contribution in [0.4, 0.5) is 14.5 Å². The number of hydrogen-bond donors (Lipinski definition) is 3. The number of rotatable bonds is 10. The second-order valence-electron chi connectivity index (χ2n) is 6.35. The van der Waals surface area contributed by atoms with E-state index in [2.05, 4.69) is 5.32 Å². The first-order chi connectivity index (χ1) is 15.0. The molecule has 32 heavy (non-hydrogen) atoms. The first-order valence-electron chi connectivity index (χ1n) is 8.95. The summed E-state index contributed by atoms with van der Waals surface area (Å²) in [6.07, 6.45) is -1.47. The number of hydrogen-bond acceptors (Lipinski definition) is 7. The number of ether oxygens (including phenoxy) is 1. The third-order valence-electron chi connectivity index (χ3n) is 3.85. The number of carbonyl (C=O) groups excluding carboxylic acids is 2. The molecule has 0 heterocycles. The Morgan fingerprint density at radius 2 is 1.72 bits per heavy atom. The van der Waals surface area contributed by atoms with Crippen LogP contribution in [0.5, 0.6) is 0 Å². The van der Waals surface area contributed by atoms with Gasteiger partial charge in [-0.05, 0) is 55.5 Å². The Hall–Kier alpha value is -2.25. The van der Waals surface area contributed by atoms with Crippen LogP contribution in [0.15, 0.2) is 58.3 Å². The topological polar surface area (TPSA) is 122 Å². The molecule has 3 N–H and O–H groups in total. The van der Waals surface area contributed by atoms with Crippen LogP contribution in [-0.4, -0.2) is 49.9 Å². The zero-order valence-electron chi connectivity index (χ0n) is 16.5. The fraction of sp³-hybridized carbons (Fsp3) is 0.263. The molecule has 2 aromatic rings. The van der Waals surface area contributed by atoms with Crippen molar-refractivity contribution in [3.63, 3.8) is 0 Å². The molecule has 0 aromatic heterocycles. The largest absolute Gasteiger partial charge is 0.454 e. The highest BCUT2D eigenvalue weighted by Gasteiger charge is 2.31. The van der Waals surface area contributed by atoms with Crippen molar-refractivity contribution in [2.45, 2.75) is 34.6 Å². The summed E-state index contributed by atoms with van der Waals surface area (Å²) in [6, 6.07) is 8.99. The van der Waals surface area contributed by atoms with E-state index in [-0.39, 0.29) is 10.6 Å². The Kier molecular flexibility index (Phi) is 9.40. The van der Waals surface area contributed by atoms with Crippen LogP contribution in [-0.2, 0) is 24.3 Å². The minimum Gasteiger partial charge on any atom is -0.454 e. The maximum Gasteiger partial charge on any atom is 0.327 e. The van der Waals surface area contributed by atoms with Crippen LogP contribution in [0.25, 0.3) is 0 Å². The maximum atomic E-state index is 12.4. The average Bonchev–Trinajstić information content (AvgIpc) is 2.71. The molecule has 174 valence electrons. The van der Waals surface area contributed by atoms with Gasteiger partial charge in [0.05, 0.1) is 11.0 Å². The van der Waals surface area contributed by atoms with E-state index >= 15 is 0 Å². The van der Waals surface area contributed by atoms with Gasteiger partial charge < -0.3 is 15.2 Å². The van der Waals surface area contributed by atoms with E-state index in [1.165, 1.54) is 55.5 Å². The lowest BCUT2D eigenvalue weighted by Crippen LogP contribution is -2.48. The molecule has 0 aliphatic carbocycles. The summed E-state index contributed by atoms with van der Waals surface area (Å²) in [4.78, 5) is 24.4. The van der Waals surface area contributed by atoms with Crippen molar-refractivity contribution in [2.75, 3.05) is 11.9 Å². The molecule has 0 bridgehead atoms. The number of carbonyl (C=O) groups is 2. The molecule has 2 rings (SSSR count). The molecular weight excluding hydrogens is 490 g/mol. The zero-order chi connectivity index (χ0) is 23.9. The Morgan fingerprint density at radius 1 is 1.12 bits per heavy atom. The zero-order valence-corrected chi connectivity index (χ0v) is 18.9. The van der Waals surface area contributed by atoms with E-state index in [0.717, 1.165) is 0 Å². The van der Waals surface area contributed by atoms with Crippen LogP contribution in [0.3, 0.4) is 0 Å². The molecular formula is C19H19ClF2N2O6S2. The van der Waals surface area contributed by atoms with E-state index in [0.29, 0.717) is 21.7 Å². The van der Waals surface area contributed by atoms with Gasteiger partial charge in [-0.15, -0.1) is 0 Å². The van der Waals surface area contributed by atoms with Crippen molar-refractivity contribution in [3.05, 3.63) is 53.6 Å². The third kappa shape index (κ3) is 8.02. The monoisotopic (exact) mass is 508 g/mol. The molecule has 0 radical (unpaired) electrons. The average molecular weight is 509 g/mol. The van der Waals surface area contributed by atoms with Gasteiger partial charge in [0.2, 0.25) is 10.0 Å². The molecule has 0 fully saturated rings. The summed E-state index contributed by atoms with van der Waals surface area (Å²) in [5, 5.41) is 12.5. The van der Waals surface area contributed by atoms with Crippen molar-refractivity contribution in [1.29, 1.82) is 0 Å². The molecule has 1 amide bonds. The molecule has 0 spiro atoms. The molecule has 0 aliphatic rings. The van der Waals surface area contributed by atoms with E-state index in [1.807, 2.05) is 4.72 Å². The number of nitrogens with one attached hydrogen (secondary N) is 2. The summed E-state index contributed by atoms with van der Waals surface area (Å²) in [5.74, 6) is -4.50. The summed E-state index contributed by atoms with van der Waals surface area (Å²) >= 11 is 6.07. The van der Waals surface area contributed by atoms with Crippen LogP contribution in [0.2, 0.25) is 5.02 Å². The highest BCUT2D eigenvalue weighted by molar-refractivity contribution is 7.99. The van der Waals surface area contributed by atoms with E-state index in [1.54, 1.807) is 0 Å². The van der Waals surface area contributed by atoms with Crippen LogP contribution in [0, 0.1) is 0 Å². The summed E-state index contributed by atoms with van der Waals surface area (Å²) in [7, 11) is -4.19. The number of halogens is 3.